The molecule has 0 amide bonds. The summed E-state index contributed by atoms with van der Waals surface area (Å²) in [5, 5.41) is 4.49. The van der Waals surface area contributed by atoms with Gasteiger partial charge in [0, 0.05) is 48.8 Å². The molecule has 0 unspecified atom stereocenters. The summed E-state index contributed by atoms with van der Waals surface area (Å²) in [6.07, 6.45) is 9.86. The minimum absolute atomic E-state index is 0.253. The number of pyridine rings is 2. The molecule has 0 saturated heterocycles. The Morgan fingerprint density at radius 2 is 1.84 bits per heavy atom. The fourth-order valence-corrected chi connectivity index (χ4v) is 2.82. The Morgan fingerprint density at radius 3 is 2.68 bits per heavy atom. The molecule has 124 valence electrons. The van der Waals surface area contributed by atoms with Gasteiger partial charge in [-0.2, -0.15) is 0 Å². The molecule has 25 heavy (non-hydrogen) atoms. The highest BCUT2D eigenvalue weighted by Crippen LogP contribution is 2.32. The summed E-state index contributed by atoms with van der Waals surface area (Å²) in [6.45, 7) is 0.805. The highest BCUT2D eigenvalue weighted by atomic mass is 15.0. The molecule has 4 aromatic rings. The molecule has 4 rings (SSSR count). The normalized spacial score (nSPS) is 10.9. The molecule has 0 aliphatic heterocycles. The molecule has 0 fully saturated rings. The Labute approximate surface area is 144 Å². The Kier molecular flexibility index (Phi) is 3.96. The van der Waals surface area contributed by atoms with E-state index in [1.807, 2.05) is 42.9 Å². The molecular formula is C18H17N7. The lowest BCUT2D eigenvalue weighted by atomic mass is 10.1. The van der Waals surface area contributed by atoms with Crippen molar-refractivity contribution in [1.82, 2.24) is 24.9 Å². The van der Waals surface area contributed by atoms with Gasteiger partial charge in [0.2, 0.25) is 5.95 Å². The van der Waals surface area contributed by atoms with Crippen molar-refractivity contribution in [2.24, 2.45) is 0 Å². The number of rotatable bonds is 5. The zero-order chi connectivity index (χ0) is 17.1. The van der Waals surface area contributed by atoms with Gasteiger partial charge in [-0.15, -0.1) is 0 Å². The SMILES string of the molecule is Nc1nccc(-c2c[nH]c3nccc(NCCc4ccncc4)c23)n1. The average molecular weight is 331 g/mol. The molecule has 7 nitrogen and oxygen atoms in total. The molecule has 0 radical (unpaired) electrons. The number of nitrogens with zero attached hydrogens (tertiary/aromatic N) is 4. The zero-order valence-electron chi connectivity index (χ0n) is 13.5. The molecule has 0 bridgehead atoms. The number of anilines is 2. The van der Waals surface area contributed by atoms with Crippen molar-refractivity contribution in [2.75, 3.05) is 17.6 Å². The number of nitrogen functional groups attached to an aromatic ring is 1. The predicted octanol–water partition coefficient (Wildman–Crippen LogP) is 2.65. The summed E-state index contributed by atoms with van der Waals surface area (Å²) >= 11 is 0. The molecule has 0 aromatic carbocycles. The van der Waals surface area contributed by atoms with Crippen LogP contribution in [0, 0.1) is 0 Å². The quantitative estimate of drug-likeness (QED) is 0.519. The summed E-state index contributed by atoms with van der Waals surface area (Å²) in [7, 11) is 0. The standard InChI is InChI=1S/C18H17N7/c19-18-23-10-4-14(25-18)13-11-24-17-16(13)15(5-9-22-17)21-8-3-12-1-6-20-7-2-12/h1-2,4-7,9-11H,3,8H2,(H2,19,23,25)(H2,21,22,24). The first kappa shape index (κ1) is 15.1. The van der Waals surface area contributed by atoms with E-state index in [2.05, 4.69) is 30.2 Å². The molecule has 4 heterocycles. The first-order valence-electron chi connectivity index (χ1n) is 7.99. The summed E-state index contributed by atoms with van der Waals surface area (Å²) in [4.78, 5) is 19.9. The minimum Gasteiger partial charge on any atom is -0.384 e. The van der Waals surface area contributed by atoms with E-state index >= 15 is 0 Å². The first-order chi connectivity index (χ1) is 12.3. The van der Waals surface area contributed by atoms with Gasteiger partial charge in [0.15, 0.2) is 0 Å². The van der Waals surface area contributed by atoms with E-state index in [4.69, 9.17) is 5.73 Å². The number of aromatic amines is 1. The topological polar surface area (TPSA) is 105 Å². The fraction of sp³-hybridized carbons (Fsp3) is 0.111. The third-order valence-electron chi connectivity index (χ3n) is 4.00. The van der Waals surface area contributed by atoms with Crippen LogP contribution in [-0.4, -0.2) is 31.5 Å². The van der Waals surface area contributed by atoms with E-state index in [0.29, 0.717) is 0 Å². The number of nitrogens with two attached hydrogens (primary N) is 1. The van der Waals surface area contributed by atoms with Crippen molar-refractivity contribution in [3.8, 4) is 11.3 Å². The van der Waals surface area contributed by atoms with E-state index in [1.165, 1.54) is 5.56 Å². The summed E-state index contributed by atoms with van der Waals surface area (Å²) < 4.78 is 0. The second-order valence-electron chi connectivity index (χ2n) is 5.62. The van der Waals surface area contributed by atoms with Crippen LogP contribution in [-0.2, 0) is 6.42 Å². The minimum atomic E-state index is 0.253. The van der Waals surface area contributed by atoms with Crippen LogP contribution in [0.4, 0.5) is 11.6 Å². The second-order valence-corrected chi connectivity index (χ2v) is 5.62. The molecule has 0 atom stereocenters. The van der Waals surface area contributed by atoms with Crippen LogP contribution in [0.15, 0.2) is 55.2 Å². The lowest BCUT2D eigenvalue weighted by Gasteiger charge is -2.09. The van der Waals surface area contributed by atoms with Crippen LogP contribution in [0.3, 0.4) is 0 Å². The van der Waals surface area contributed by atoms with Crippen LogP contribution < -0.4 is 11.1 Å². The van der Waals surface area contributed by atoms with Crippen LogP contribution in [0.5, 0.6) is 0 Å². The summed E-state index contributed by atoms with van der Waals surface area (Å²) in [5.41, 5.74) is 10.5. The van der Waals surface area contributed by atoms with Crippen molar-refractivity contribution in [2.45, 2.75) is 6.42 Å². The Balaban J connectivity index is 1.64. The highest BCUT2D eigenvalue weighted by Gasteiger charge is 2.12. The van der Waals surface area contributed by atoms with Gasteiger partial charge in [0.05, 0.1) is 11.1 Å². The first-order valence-corrected chi connectivity index (χ1v) is 7.99. The van der Waals surface area contributed by atoms with E-state index in [-0.39, 0.29) is 5.95 Å². The fourth-order valence-electron chi connectivity index (χ4n) is 2.82. The Morgan fingerprint density at radius 1 is 1.00 bits per heavy atom. The smallest absolute Gasteiger partial charge is 0.220 e. The predicted molar refractivity (Wildman–Crippen MR) is 98.0 cm³/mol. The van der Waals surface area contributed by atoms with E-state index < -0.39 is 0 Å². The van der Waals surface area contributed by atoms with Crippen molar-refractivity contribution in [1.29, 1.82) is 0 Å². The van der Waals surface area contributed by atoms with Gasteiger partial charge >= 0.3 is 0 Å². The van der Waals surface area contributed by atoms with Gasteiger partial charge in [0.25, 0.3) is 0 Å². The van der Waals surface area contributed by atoms with Gasteiger partial charge in [-0.3, -0.25) is 4.98 Å². The molecule has 0 saturated carbocycles. The number of fused-ring (bicyclic) bond motifs is 1. The molecule has 7 heteroatoms. The van der Waals surface area contributed by atoms with Gasteiger partial charge in [-0.1, -0.05) is 0 Å². The molecule has 4 aromatic heterocycles. The average Bonchev–Trinajstić information content (AvgIpc) is 3.08. The lowest BCUT2D eigenvalue weighted by Crippen LogP contribution is -2.05. The third kappa shape index (κ3) is 3.12. The van der Waals surface area contributed by atoms with Gasteiger partial charge in [-0.05, 0) is 36.2 Å². The highest BCUT2D eigenvalue weighted by molar-refractivity contribution is 6.01. The van der Waals surface area contributed by atoms with Crippen molar-refractivity contribution < 1.29 is 0 Å². The Bertz CT molecular complexity index is 995. The lowest BCUT2D eigenvalue weighted by molar-refractivity contribution is 1.01. The molecular weight excluding hydrogens is 314 g/mol. The van der Waals surface area contributed by atoms with Crippen LogP contribution in [0.1, 0.15) is 5.56 Å². The second kappa shape index (κ2) is 6.56. The van der Waals surface area contributed by atoms with Crippen LogP contribution >= 0.6 is 0 Å². The molecule has 0 aliphatic carbocycles. The van der Waals surface area contributed by atoms with Gasteiger partial charge in [-0.25, -0.2) is 15.0 Å². The maximum atomic E-state index is 5.72. The maximum absolute atomic E-state index is 5.72. The number of nitrogens with one attached hydrogen (secondary N) is 2. The molecule has 0 aliphatic rings. The van der Waals surface area contributed by atoms with E-state index in [0.717, 1.165) is 40.9 Å². The molecule has 4 N–H and O–H groups in total. The van der Waals surface area contributed by atoms with E-state index in [9.17, 15) is 0 Å². The van der Waals surface area contributed by atoms with Crippen molar-refractivity contribution >= 4 is 22.7 Å². The Hall–Kier alpha value is -3.48. The van der Waals surface area contributed by atoms with Gasteiger partial charge in [0.1, 0.15) is 5.65 Å². The largest absolute Gasteiger partial charge is 0.384 e. The zero-order valence-corrected chi connectivity index (χ0v) is 13.5. The van der Waals surface area contributed by atoms with Crippen LogP contribution in [0.25, 0.3) is 22.3 Å². The summed E-state index contributed by atoms with van der Waals surface area (Å²) in [6, 6.07) is 7.86. The monoisotopic (exact) mass is 331 g/mol. The van der Waals surface area contributed by atoms with Gasteiger partial charge < -0.3 is 16.0 Å². The summed E-state index contributed by atoms with van der Waals surface area (Å²) in [5.74, 6) is 0.253. The maximum Gasteiger partial charge on any atom is 0.220 e. The van der Waals surface area contributed by atoms with Crippen molar-refractivity contribution in [3.05, 3.63) is 60.8 Å². The van der Waals surface area contributed by atoms with Crippen LogP contribution in [0.2, 0.25) is 0 Å². The third-order valence-corrected chi connectivity index (χ3v) is 4.00. The number of aromatic nitrogens is 5. The number of H-pyrrole nitrogens is 1. The number of hydrogen-bond acceptors (Lipinski definition) is 6. The number of hydrogen-bond donors (Lipinski definition) is 3. The van der Waals surface area contributed by atoms with Crippen molar-refractivity contribution in [3.63, 3.8) is 0 Å². The van der Waals surface area contributed by atoms with E-state index in [1.54, 1.807) is 12.4 Å². The molecule has 0 spiro atoms.